The van der Waals surface area contributed by atoms with Crippen LogP contribution in [0.1, 0.15) is 30.9 Å². The van der Waals surface area contributed by atoms with Crippen LogP contribution in [0, 0.1) is 5.82 Å². The van der Waals surface area contributed by atoms with Gasteiger partial charge in [0.1, 0.15) is 5.82 Å². The number of halogens is 2. The van der Waals surface area contributed by atoms with Crippen molar-refractivity contribution >= 4 is 15.9 Å². The lowest BCUT2D eigenvalue weighted by Gasteiger charge is -2.12. The molecule has 1 atom stereocenters. The first-order chi connectivity index (χ1) is 7.15. The molecular weight excluding hydrogens is 259 g/mol. The minimum absolute atomic E-state index is 0.0980. The molecule has 0 saturated heterocycles. The highest BCUT2D eigenvalue weighted by Crippen LogP contribution is 2.22. The van der Waals surface area contributed by atoms with Crippen molar-refractivity contribution in [1.82, 2.24) is 0 Å². The molecule has 0 unspecified atom stereocenters. The Hall–Kier alpha value is -0.450. The predicted octanol–water partition coefficient (Wildman–Crippen LogP) is 2.72. The van der Waals surface area contributed by atoms with Crippen molar-refractivity contribution in [2.45, 2.75) is 25.3 Å². The van der Waals surface area contributed by atoms with Crippen LogP contribution >= 0.6 is 15.9 Å². The van der Waals surface area contributed by atoms with Crippen molar-refractivity contribution in [1.29, 1.82) is 0 Å². The van der Waals surface area contributed by atoms with Crippen LogP contribution < -0.4 is 11.5 Å². The van der Waals surface area contributed by atoms with Crippen LogP contribution in [-0.2, 0) is 0 Å². The molecule has 2 nitrogen and oxygen atoms in total. The monoisotopic (exact) mass is 274 g/mol. The molecule has 0 amide bonds. The van der Waals surface area contributed by atoms with E-state index in [1.165, 1.54) is 6.07 Å². The highest BCUT2D eigenvalue weighted by molar-refractivity contribution is 9.10. The van der Waals surface area contributed by atoms with Gasteiger partial charge in [-0.15, -0.1) is 0 Å². The maximum atomic E-state index is 13.2. The summed E-state index contributed by atoms with van der Waals surface area (Å²) in [5.74, 6) is -0.262. The summed E-state index contributed by atoms with van der Waals surface area (Å²) in [7, 11) is 0. The Morgan fingerprint density at radius 3 is 2.67 bits per heavy atom. The zero-order valence-corrected chi connectivity index (χ0v) is 10.1. The van der Waals surface area contributed by atoms with Crippen molar-refractivity contribution in [3.05, 3.63) is 34.1 Å². The van der Waals surface area contributed by atoms with E-state index in [2.05, 4.69) is 15.9 Å². The van der Waals surface area contributed by atoms with Crippen LogP contribution in [0.4, 0.5) is 4.39 Å². The summed E-state index contributed by atoms with van der Waals surface area (Å²) in [5.41, 5.74) is 12.2. The Labute approximate surface area is 98.0 Å². The molecule has 0 radical (unpaired) electrons. The molecule has 0 aliphatic carbocycles. The molecule has 15 heavy (non-hydrogen) atoms. The molecule has 4 heteroatoms. The number of nitrogens with two attached hydrogens (primary N) is 2. The minimum atomic E-state index is -0.262. The fourth-order valence-electron chi connectivity index (χ4n) is 1.42. The molecule has 1 aromatic carbocycles. The Kier molecular flexibility index (Phi) is 5.22. The largest absolute Gasteiger partial charge is 0.330 e. The standard InChI is InChI=1S/C11H16BrFN2/c12-9-5-4-8(7-10(9)13)11(15)3-1-2-6-14/h4-5,7,11H,1-3,6,14-15H2/t11-/m1/s1. The molecule has 0 saturated carbocycles. The lowest BCUT2D eigenvalue weighted by molar-refractivity contribution is 0.578. The minimum Gasteiger partial charge on any atom is -0.330 e. The number of benzene rings is 1. The van der Waals surface area contributed by atoms with Crippen LogP contribution in [0.2, 0.25) is 0 Å². The quantitative estimate of drug-likeness (QED) is 0.812. The van der Waals surface area contributed by atoms with E-state index < -0.39 is 0 Å². The Morgan fingerprint density at radius 1 is 1.33 bits per heavy atom. The van der Waals surface area contributed by atoms with Gasteiger partial charge in [0.2, 0.25) is 0 Å². The number of rotatable bonds is 5. The van der Waals surface area contributed by atoms with Gasteiger partial charge < -0.3 is 11.5 Å². The summed E-state index contributed by atoms with van der Waals surface area (Å²) in [6.45, 7) is 0.682. The third kappa shape index (κ3) is 3.89. The van der Waals surface area contributed by atoms with E-state index in [4.69, 9.17) is 11.5 Å². The normalized spacial score (nSPS) is 12.8. The van der Waals surface area contributed by atoms with E-state index in [1.807, 2.05) is 6.07 Å². The number of hydrogen-bond donors (Lipinski definition) is 2. The van der Waals surface area contributed by atoms with Gasteiger partial charge in [0.15, 0.2) is 0 Å². The van der Waals surface area contributed by atoms with E-state index >= 15 is 0 Å². The molecule has 0 heterocycles. The fourth-order valence-corrected chi connectivity index (χ4v) is 1.66. The maximum Gasteiger partial charge on any atom is 0.137 e. The van der Waals surface area contributed by atoms with Crippen molar-refractivity contribution < 1.29 is 4.39 Å². The second-order valence-electron chi connectivity index (χ2n) is 3.56. The van der Waals surface area contributed by atoms with Gasteiger partial charge in [-0.05, 0) is 53.0 Å². The second kappa shape index (κ2) is 6.20. The van der Waals surface area contributed by atoms with Crippen LogP contribution in [0.5, 0.6) is 0 Å². The van der Waals surface area contributed by atoms with Gasteiger partial charge in [-0.2, -0.15) is 0 Å². The van der Waals surface area contributed by atoms with E-state index in [0.717, 1.165) is 24.8 Å². The number of hydrogen-bond acceptors (Lipinski definition) is 2. The molecule has 0 aliphatic rings. The third-order valence-corrected chi connectivity index (χ3v) is 2.98. The fraction of sp³-hybridized carbons (Fsp3) is 0.455. The predicted molar refractivity (Wildman–Crippen MR) is 63.9 cm³/mol. The van der Waals surface area contributed by atoms with Gasteiger partial charge in [0.05, 0.1) is 4.47 Å². The average molecular weight is 275 g/mol. The molecule has 84 valence electrons. The van der Waals surface area contributed by atoms with Gasteiger partial charge in [-0.25, -0.2) is 4.39 Å². The third-order valence-electron chi connectivity index (χ3n) is 2.34. The van der Waals surface area contributed by atoms with Crippen LogP contribution in [0.15, 0.2) is 22.7 Å². The summed E-state index contributed by atoms with van der Waals surface area (Å²) in [6.07, 6.45) is 2.79. The summed E-state index contributed by atoms with van der Waals surface area (Å²) in [6, 6.07) is 4.92. The molecule has 0 aromatic heterocycles. The molecule has 1 aromatic rings. The van der Waals surface area contributed by atoms with Crippen molar-refractivity contribution in [2.75, 3.05) is 6.54 Å². The molecule has 0 spiro atoms. The number of unbranched alkanes of at least 4 members (excludes halogenated alkanes) is 1. The van der Waals surface area contributed by atoms with Gasteiger partial charge in [-0.1, -0.05) is 12.5 Å². The maximum absolute atomic E-state index is 13.2. The average Bonchev–Trinajstić information content (AvgIpc) is 2.22. The van der Waals surface area contributed by atoms with Gasteiger partial charge in [0, 0.05) is 6.04 Å². The van der Waals surface area contributed by atoms with Crippen molar-refractivity contribution in [2.24, 2.45) is 11.5 Å². The molecule has 0 bridgehead atoms. The first-order valence-corrected chi connectivity index (χ1v) is 5.85. The lowest BCUT2D eigenvalue weighted by atomic mass is 10.0. The molecule has 1 rings (SSSR count). The van der Waals surface area contributed by atoms with Gasteiger partial charge in [-0.3, -0.25) is 0 Å². The Morgan fingerprint density at radius 2 is 2.07 bits per heavy atom. The summed E-state index contributed by atoms with van der Waals surface area (Å²) in [5, 5.41) is 0. The van der Waals surface area contributed by atoms with Crippen molar-refractivity contribution in [3.63, 3.8) is 0 Å². The first-order valence-electron chi connectivity index (χ1n) is 5.05. The topological polar surface area (TPSA) is 52.0 Å². The first kappa shape index (κ1) is 12.6. The van der Waals surface area contributed by atoms with Crippen LogP contribution in [0.3, 0.4) is 0 Å². The highest BCUT2D eigenvalue weighted by Gasteiger charge is 2.08. The summed E-state index contributed by atoms with van der Waals surface area (Å²) < 4.78 is 13.7. The van der Waals surface area contributed by atoms with Gasteiger partial charge >= 0.3 is 0 Å². The van der Waals surface area contributed by atoms with E-state index in [9.17, 15) is 4.39 Å². The summed E-state index contributed by atoms with van der Waals surface area (Å²) in [4.78, 5) is 0. The summed E-state index contributed by atoms with van der Waals surface area (Å²) >= 11 is 3.11. The van der Waals surface area contributed by atoms with Crippen LogP contribution in [-0.4, -0.2) is 6.54 Å². The van der Waals surface area contributed by atoms with Gasteiger partial charge in [0.25, 0.3) is 0 Å². The van der Waals surface area contributed by atoms with E-state index in [0.29, 0.717) is 11.0 Å². The second-order valence-corrected chi connectivity index (χ2v) is 4.42. The van der Waals surface area contributed by atoms with Crippen molar-refractivity contribution in [3.8, 4) is 0 Å². The lowest BCUT2D eigenvalue weighted by Crippen LogP contribution is -2.11. The molecule has 0 fully saturated rings. The Balaban J connectivity index is 2.57. The Bertz CT molecular complexity index is 317. The van der Waals surface area contributed by atoms with E-state index in [1.54, 1.807) is 6.07 Å². The zero-order chi connectivity index (χ0) is 11.3. The zero-order valence-electron chi connectivity index (χ0n) is 8.55. The molecule has 4 N–H and O–H groups in total. The molecular formula is C11H16BrFN2. The molecule has 0 aliphatic heterocycles. The smallest absolute Gasteiger partial charge is 0.137 e. The van der Waals surface area contributed by atoms with Crippen LogP contribution in [0.25, 0.3) is 0 Å². The highest BCUT2D eigenvalue weighted by atomic mass is 79.9. The van der Waals surface area contributed by atoms with E-state index in [-0.39, 0.29) is 11.9 Å². The SMILES string of the molecule is NCCCC[C@@H](N)c1ccc(Br)c(F)c1.